The van der Waals surface area contributed by atoms with Crippen molar-refractivity contribution in [2.24, 2.45) is 4.99 Å². The van der Waals surface area contributed by atoms with Crippen LogP contribution in [0.3, 0.4) is 0 Å². The number of carbonyl (C=O) groups is 2. The maximum Gasteiger partial charge on any atom is 0.337 e. The van der Waals surface area contributed by atoms with Crippen LogP contribution in [0.1, 0.15) is 32.1 Å². The summed E-state index contributed by atoms with van der Waals surface area (Å²) in [5.41, 5.74) is 3.64. The number of thiocarbonyl (C=S) groups is 1. The van der Waals surface area contributed by atoms with Gasteiger partial charge in [-0.25, -0.2) is 19.6 Å². The monoisotopic (exact) mass is 543 g/mol. The molecule has 0 amide bonds. The van der Waals surface area contributed by atoms with Gasteiger partial charge in [-0.05, 0) is 62.5 Å². The smallest absolute Gasteiger partial charge is 0.337 e. The largest absolute Gasteiger partial charge is 0.465 e. The molecule has 0 aliphatic carbocycles. The number of hydrogen-bond acceptors (Lipinski definition) is 8. The molecule has 4 rings (SSSR count). The second kappa shape index (κ2) is 12.0. The van der Waals surface area contributed by atoms with Crippen LogP contribution in [-0.2, 0) is 9.47 Å². The number of aromatic nitrogens is 3. The zero-order valence-electron chi connectivity index (χ0n) is 21.6. The second-order valence-corrected chi connectivity index (χ2v) is 8.70. The average molecular weight is 544 g/mol. The topological polar surface area (TPSA) is 140 Å². The zero-order valence-corrected chi connectivity index (χ0v) is 22.4. The first-order chi connectivity index (χ1) is 18.7. The first-order valence-electron chi connectivity index (χ1n) is 11.7. The van der Waals surface area contributed by atoms with Crippen LogP contribution in [0.4, 0.5) is 17.3 Å². The van der Waals surface area contributed by atoms with Crippen molar-refractivity contribution in [3.8, 4) is 0 Å². The molecule has 4 aromatic rings. The van der Waals surface area contributed by atoms with Crippen LogP contribution in [-0.4, -0.2) is 52.2 Å². The molecule has 0 saturated carbocycles. The summed E-state index contributed by atoms with van der Waals surface area (Å²) in [6.45, 7) is 3.72. The highest BCUT2D eigenvalue weighted by Crippen LogP contribution is 2.19. The van der Waals surface area contributed by atoms with E-state index in [9.17, 15) is 9.59 Å². The Labute approximate surface area is 229 Å². The molecule has 0 unspecified atom stereocenters. The first-order valence-corrected chi connectivity index (χ1v) is 12.1. The molecule has 198 valence electrons. The third-order valence-corrected chi connectivity index (χ3v) is 5.50. The number of pyridine rings is 1. The van der Waals surface area contributed by atoms with Gasteiger partial charge in [0.1, 0.15) is 0 Å². The van der Waals surface area contributed by atoms with Gasteiger partial charge in [0.15, 0.2) is 0 Å². The minimum Gasteiger partial charge on any atom is -0.465 e. The quantitative estimate of drug-likeness (QED) is 0.142. The number of rotatable bonds is 5. The highest BCUT2D eigenvalue weighted by Gasteiger charge is 2.15. The lowest BCUT2D eigenvalue weighted by molar-refractivity contribution is 0.0599. The van der Waals surface area contributed by atoms with Crippen LogP contribution < -0.4 is 16.0 Å². The van der Waals surface area contributed by atoms with Crippen molar-refractivity contribution in [3.63, 3.8) is 0 Å². The Morgan fingerprint density at radius 2 is 1.46 bits per heavy atom. The summed E-state index contributed by atoms with van der Waals surface area (Å²) < 4.78 is 9.59. The number of aryl methyl sites for hydroxylation is 2. The lowest BCUT2D eigenvalue weighted by Crippen LogP contribution is -2.26. The summed E-state index contributed by atoms with van der Waals surface area (Å²) in [6.07, 6.45) is 1.67. The molecule has 2 aromatic carbocycles. The molecule has 2 heterocycles. The third-order valence-electron chi connectivity index (χ3n) is 5.31. The molecular formula is C27H25N7O4S. The summed E-state index contributed by atoms with van der Waals surface area (Å²) in [7, 11) is 2.49. The van der Waals surface area contributed by atoms with Gasteiger partial charge in [0, 0.05) is 22.5 Å². The van der Waals surface area contributed by atoms with Gasteiger partial charge in [0.05, 0.1) is 42.7 Å². The van der Waals surface area contributed by atoms with Crippen molar-refractivity contribution < 1.29 is 19.1 Å². The van der Waals surface area contributed by atoms with E-state index in [1.165, 1.54) is 32.4 Å². The Balaban J connectivity index is 1.66. The fourth-order valence-corrected chi connectivity index (χ4v) is 3.88. The number of para-hydroxylation sites is 1. The zero-order chi connectivity index (χ0) is 27.9. The number of hydrogen-bond donors (Lipinski definition) is 3. The molecule has 11 nitrogen and oxygen atoms in total. The first kappa shape index (κ1) is 27.1. The number of ether oxygens (including phenoxy) is 2. The van der Waals surface area contributed by atoms with Crippen LogP contribution in [0.5, 0.6) is 0 Å². The summed E-state index contributed by atoms with van der Waals surface area (Å²) in [5.74, 6) is -0.723. The fraction of sp³-hybridized carbons (Fsp3) is 0.148. The van der Waals surface area contributed by atoms with E-state index in [1.807, 2.05) is 50.2 Å². The number of esters is 2. The van der Waals surface area contributed by atoms with Crippen LogP contribution in [0.2, 0.25) is 0 Å². The second-order valence-electron chi connectivity index (χ2n) is 8.31. The van der Waals surface area contributed by atoms with Gasteiger partial charge in [-0.3, -0.25) is 10.3 Å². The Morgan fingerprint density at radius 1 is 0.821 bits per heavy atom. The molecule has 0 radical (unpaired) electrons. The number of guanidine groups is 1. The van der Waals surface area contributed by atoms with E-state index < -0.39 is 11.9 Å². The molecule has 12 heteroatoms. The van der Waals surface area contributed by atoms with E-state index in [-0.39, 0.29) is 22.2 Å². The number of anilines is 3. The number of nitrogens with zero attached hydrogens (tertiary/aromatic N) is 4. The highest BCUT2D eigenvalue weighted by molar-refractivity contribution is 7.80. The van der Waals surface area contributed by atoms with Crippen molar-refractivity contribution in [3.05, 3.63) is 83.3 Å². The Kier molecular flexibility index (Phi) is 8.37. The summed E-state index contributed by atoms with van der Waals surface area (Å²) in [4.78, 5) is 42.1. The summed E-state index contributed by atoms with van der Waals surface area (Å²) >= 11 is 5.48. The molecule has 0 aliphatic heterocycles. The van der Waals surface area contributed by atoms with Gasteiger partial charge in [0.2, 0.25) is 17.0 Å². The summed E-state index contributed by atoms with van der Waals surface area (Å²) in [6, 6.07) is 15.8. The number of fused-ring (bicyclic) bond motifs is 1. The maximum absolute atomic E-state index is 12.1. The molecule has 0 bridgehead atoms. The number of aliphatic imine (C=N–C) groups is 1. The van der Waals surface area contributed by atoms with Crippen molar-refractivity contribution in [2.75, 3.05) is 30.2 Å². The number of benzene rings is 2. The summed E-state index contributed by atoms with van der Waals surface area (Å²) in [5, 5.41) is 10.1. The van der Waals surface area contributed by atoms with Crippen LogP contribution >= 0.6 is 12.2 Å². The predicted octanol–water partition coefficient (Wildman–Crippen LogP) is 4.49. The van der Waals surface area contributed by atoms with Crippen LogP contribution in [0.25, 0.3) is 10.9 Å². The van der Waals surface area contributed by atoms with Gasteiger partial charge in [-0.15, -0.1) is 0 Å². The van der Waals surface area contributed by atoms with Gasteiger partial charge in [0.25, 0.3) is 0 Å². The van der Waals surface area contributed by atoms with Crippen molar-refractivity contribution in [1.82, 2.24) is 15.0 Å². The Hall–Kier alpha value is -4.97. The van der Waals surface area contributed by atoms with E-state index in [1.54, 1.807) is 6.20 Å². The predicted molar refractivity (Wildman–Crippen MR) is 153 cm³/mol. The lowest BCUT2D eigenvalue weighted by Gasteiger charge is -2.14. The maximum atomic E-state index is 12.1. The standard InChI is InChI=1S/C27H25N7O4S/c1-15-9-16(2)30-25(29-15)33-26(31-21-11-17-7-5-6-8-22(17)28-14-21)34-27(39)32-20-12-18(23(35)37-3)10-19(13-20)24(36)38-4/h5-14H,1-4H3,(H3,29,30,31,32,33,34,39). The normalized spacial score (nSPS) is 11.0. The molecule has 0 saturated heterocycles. The molecule has 0 aliphatic rings. The fourth-order valence-electron chi connectivity index (χ4n) is 3.68. The molecule has 3 N–H and O–H groups in total. The van der Waals surface area contributed by atoms with Gasteiger partial charge in [-0.1, -0.05) is 18.2 Å². The van der Waals surface area contributed by atoms with E-state index >= 15 is 0 Å². The third kappa shape index (κ3) is 7.08. The minimum atomic E-state index is -0.627. The minimum absolute atomic E-state index is 0.0148. The molecular weight excluding hydrogens is 518 g/mol. The van der Waals surface area contributed by atoms with Crippen molar-refractivity contribution >= 4 is 63.5 Å². The van der Waals surface area contributed by atoms with E-state index in [0.717, 1.165) is 22.3 Å². The lowest BCUT2D eigenvalue weighted by atomic mass is 10.1. The van der Waals surface area contributed by atoms with E-state index in [0.29, 0.717) is 17.3 Å². The number of methoxy groups -OCH3 is 2. The number of carbonyl (C=O) groups excluding carboxylic acids is 2. The molecule has 2 aromatic heterocycles. The Morgan fingerprint density at radius 3 is 2.10 bits per heavy atom. The van der Waals surface area contributed by atoms with E-state index in [2.05, 4.69) is 35.9 Å². The van der Waals surface area contributed by atoms with Crippen LogP contribution in [0, 0.1) is 13.8 Å². The molecule has 0 fully saturated rings. The number of nitrogens with one attached hydrogen (secondary N) is 3. The van der Waals surface area contributed by atoms with Gasteiger partial charge in [-0.2, -0.15) is 4.99 Å². The van der Waals surface area contributed by atoms with Gasteiger partial charge >= 0.3 is 11.9 Å². The van der Waals surface area contributed by atoms with Crippen molar-refractivity contribution in [2.45, 2.75) is 13.8 Å². The van der Waals surface area contributed by atoms with E-state index in [4.69, 9.17) is 21.7 Å². The molecule has 39 heavy (non-hydrogen) atoms. The van der Waals surface area contributed by atoms with Crippen LogP contribution in [0.15, 0.2) is 65.8 Å². The highest BCUT2D eigenvalue weighted by atomic mass is 32.1. The average Bonchev–Trinajstić information content (AvgIpc) is 2.91. The molecule has 0 atom stereocenters. The Bertz CT molecular complexity index is 1550. The molecule has 0 spiro atoms. The van der Waals surface area contributed by atoms with Gasteiger partial charge < -0.3 is 20.1 Å². The van der Waals surface area contributed by atoms with Crippen molar-refractivity contribution in [1.29, 1.82) is 0 Å². The SMILES string of the molecule is COC(=O)c1cc(NC(=S)/N=C(/Nc2cnc3ccccc3c2)Nc2nc(C)cc(C)n2)cc(C(=O)OC)c1.